The van der Waals surface area contributed by atoms with Gasteiger partial charge >= 0.3 is 0 Å². The van der Waals surface area contributed by atoms with Crippen LogP contribution < -0.4 is 14.8 Å². The molecule has 116 valence electrons. The highest BCUT2D eigenvalue weighted by molar-refractivity contribution is 7.10. The Hall–Kier alpha value is -2.01. The average Bonchev–Trinajstić information content (AvgIpc) is 3.05. The molecule has 1 aromatic carbocycles. The van der Waals surface area contributed by atoms with E-state index < -0.39 is 6.10 Å². The number of thiophene rings is 1. The second kappa shape index (κ2) is 6.40. The Balaban J connectivity index is 1.69. The largest absolute Gasteiger partial charge is 0.485 e. The van der Waals surface area contributed by atoms with Crippen LogP contribution in [0.2, 0.25) is 0 Å². The molecule has 0 unspecified atom stereocenters. The van der Waals surface area contributed by atoms with E-state index in [0.717, 1.165) is 4.88 Å². The van der Waals surface area contributed by atoms with Crippen LogP contribution in [0.1, 0.15) is 24.8 Å². The van der Waals surface area contributed by atoms with Gasteiger partial charge in [-0.15, -0.1) is 11.3 Å². The van der Waals surface area contributed by atoms with Crippen LogP contribution in [0.4, 0.5) is 0 Å². The molecule has 3 rings (SSSR count). The number of rotatable bonds is 4. The van der Waals surface area contributed by atoms with E-state index in [-0.39, 0.29) is 18.6 Å². The first kappa shape index (κ1) is 14.9. The summed E-state index contributed by atoms with van der Waals surface area (Å²) in [6.07, 6.45) is -0.615. The van der Waals surface area contributed by atoms with E-state index in [1.807, 2.05) is 41.8 Å². The normalized spacial score (nSPS) is 18.0. The standard InChI is InChI=1S/C17H19NO3S/c1-11(2)16(15-8-5-9-22-15)18-17(19)14-10-20-12-6-3-4-7-13(12)21-14/h3-9,11,14,16H,10H2,1-2H3,(H,18,19)/t14-,16-/m0/s1. The van der Waals surface area contributed by atoms with Crippen molar-refractivity contribution in [2.45, 2.75) is 26.0 Å². The molecule has 1 N–H and O–H groups in total. The van der Waals surface area contributed by atoms with Gasteiger partial charge in [0.1, 0.15) is 6.61 Å². The van der Waals surface area contributed by atoms with Gasteiger partial charge < -0.3 is 14.8 Å². The molecular weight excluding hydrogens is 298 g/mol. The molecule has 1 aromatic heterocycles. The lowest BCUT2D eigenvalue weighted by molar-refractivity contribution is -0.131. The van der Waals surface area contributed by atoms with Crippen LogP contribution in [0.15, 0.2) is 41.8 Å². The monoisotopic (exact) mass is 317 g/mol. The van der Waals surface area contributed by atoms with Crippen molar-refractivity contribution in [3.05, 3.63) is 46.7 Å². The number of ether oxygens (including phenoxy) is 2. The van der Waals surface area contributed by atoms with E-state index in [9.17, 15) is 4.79 Å². The molecule has 4 nitrogen and oxygen atoms in total. The number of fused-ring (bicyclic) bond motifs is 1. The third kappa shape index (κ3) is 3.09. The molecule has 1 amide bonds. The second-order valence-electron chi connectivity index (χ2n) is 5.61. The molecule has 1 aliphatic rings. The van der Waals surface area contributed by atoms with Gasteiger partial charge in [-0.25, -0.2) is 0 Å². The first-order valence-electron chi connectivity index (χ1n) is 7.37. The van der Waals surface area contributed by atoms with Crippen molar-refractivity contribution in [3.63, 3.8) is 0 Å². The summed E-state index contributed by atoms with van der Waals surface area (Å²) in [5.74, 6) is 1.47. The van der Waals surface area contributed by atoms with Crippen LogP contribution in [0.3, 0.4) is 0 Å². The van der Waals surface area contributed by atoms with Gasteiger partial charge in [-0.05, 0) is 29.5 Å². The molecule has 1 aliphatic heterocycles. The number of amides is 1. The molecule has 0 saturated heterocycles. The zero-order valence-electron chi connectivity index (χ0n) is 12.6. The lowest BCUT2D eigenvalue weighted by atomic mass is 10.0. The number of carbonyl (C=O) groups is 1. The summed E-state index contributed by atoms with van der Waals surface area (Å²) in [5, 5.41) is 5.11. The third-order valence-electron chi connectivity index (χ3n) is 3.62. The minimum absolute atomic E-state index is 0.00623. The van der Waals surface area contributed by atoms with Crippen molar-refractivity contribution in [1.29, 1.82) is 0 Å². The first-order valence-corrected chi connectivity index (χ1v) is 8.25. The molecule has 2 aromatic rings. The highest BCUT2D eigenvalue weighted by Gasteiger charge is 2.30. The Kier molecular flexibility index (Phi) is 4.34. The van der Waals surface area contributed by atoms with E-state index in [2.05, 4.69) is 19.2 Å². The molecule has 0 fully saturated rings. The third-order valence-corrected chi connectivity index (χ3v) is 4.57. The minimum Gasteiger partial charge on any atom is -0.485 e. The molecule has 0 bridgehead atoms. The number of benzene rings is 1. The molecule has 0 aliphatic carbocycles. The van der Waals surface area contributed by atoms with Crippen molar-refractivity contribution < 1.29 is 14.3 Å². The van der Waals surface area contributed by atoms with Crippen LogP contribution in [-0.2, 0) is 4.79 Å². The Labute approximate surface area is 134 Å². The van der Waals surface area contributed by atoms with Crippen molar-refractivity contribution in [2.24, 2.45) is 5.92 Å². The van der Waals surface area contributed by atoms with E-state index in [0.29, 0.717) is 17.4 Å². The number of nitrogens with one attached hydrogen (secondary N) is 1. The number of hydrogen-bond acceptors (Lipinski definition) is 4. The van der Waals surface area contributed by atoms with Crippen LogP contribution in [0.5, 0.6) is 11.5 Å². The lowest BCUT2D eigenvalue weighted by Crippen LogP contribution is -2.46. The van der Waals surface area contributed by atoms with Crippen LogP contribution >= 0.6 is 11.3 Å². The van der Waals surface area contributed by atoms with Gasteiger partial charge in [0.15, 0.2) is 11.5 Å². The molecule has 2 atom stereocenters. The van der Waals surface area contributed by atoms with Gasteiger partial charge in [0.05, 0.1) is 6.04 Å². The quantitative estimate of drug-likeness (QED) is 0.940. The Morgan fingerprint density at radius 1 is 1.23 bits per heavy atom. The lowest BCUT2D eigenvalue weighted by Gasteiger charge is -2.28. The highest BCUT2D eigenvalue weighted by Crippen LogP contribution is 2.31. The summed E-state index contributed by atoms with van der Waals surface area (Å²) >= 11 is 1.65. The number of para-hydroxylation sites is 2. The van der Waals surface area contributed by atoms with Gasteiger partial charge in [-0.2, -0.15) is 0 Å². The first-order chi connectivity index (χ1) is 10.6. The highest BCUT2D eigenvalue weighted by atomic mass is 32.1. The average molecular weight is 317 g/mol. The van der Waals surface area contributed by atoms with Crippen LogP contribution in [0, 0.1) is 5.92 Å². The summed E-state index contributed by atoms with van der Waals surface area (Å²) in [4.78, 5) is 13.7. The van der Waals surface area contributed by atoms with E-state index in [1.165, 1.54) is 0 Å². The number of hydrogen-bond donors (Lipinski definition) is 1. The zero-order valence-corrected chi connectivity index (χ0v) is 13.4. The molecule has 0 saturated carbocycles. The topological polar surface area (TPSA) is 47.6 Å². The molecule has 22 heavy (non-hydrogen) atoms. The van der Waals surface area contributed by atoms with Gasteiger partial charge in [-0.1, -0.05) is 32.0 Å². The van der Waals surface area contributed by atoms with E-state index >= 15 is 0 Å². The molecular formula is C17H19NO3S. The fraction of sp³-hybridized carbons (Fsp3) is 0.353. The van der Waals surface area contributed by atoms with Crippen molar-refractivity contribution in [1.82, 2.24) is 5.32 Å². The smallest absolute Gasteiger partial charge is 0.265 e. The fourth-order valence-electron chi connectivity index (χ4n) is 2.43. The SMILES string of the molecule is CC(C)[C@H](NC(=O)[C@@H]1COc2ccccc2O1)c1cccs1. The van der Waals surface area contributed by atoms with Gasteiger partial charge in [0.25, 0.3) is 5.91 Å². The molecule has 2 heterocycles. The summed E-state index contributed by atoms with van der Waals surface area (Å²) < 4.78 is 11.4. The molecule has 0 spiro atoms. The van der Waals surface area contributed by atoms with Crippen LogP contribution in [0.25, 0.3) is 0 Å². The Morgan fingerprint density at radius 3 is 2.68 bits per heavy atom. The van der Waals surface area contributed by atoms with Gasteiger partial charge in [0.2, 0.25) is 6.10 Å². The maximum atomic E-state index is 12.5. The Morgan fingerprint density at radius 2 is 2.00 bits per heavy atom. The van der Waals surface area contributed by atoms with Gasteiger partial charge in [0, 0.05) is 4.88 Å². The van der Waals surface area contributed by atoms with Crippen molar-refractivity contribution in [2.75, 3.05) is 6.61 Å². The summed E-state index contributed by atoms with van der Waals surface area (Å²) in [5.41, 5.74) is 0. The fourth-order valence-corrected chi connectivity index (χ4v) is 3.38. The Bertz CT molecular complexity index is 639. The second-order valence-corrected chi connectivity index (χ2v) is 6.59. The van der Waals surface area contributed by atoms with E-state index in [4.69, 9.17) is 9.47 Å². The van der Waals surface area contributed by atoms with Crippen molar-refractivity contribution >= 4 is 17.2 Å². The molecule has 5 heteroatoms. The minimum atomic E-state index is -0.615. The summed E-state index contributed by atoms with van der Waals surface area (Å²) in [6, 6.07) is 11.4. The predicted molar refractivity (Wildman–Crippen MR) is 86.4 cm³/mol. The van der Waals surface area contributed by atoms with Crippen LogP contribution in [-0.4, -0.2) is 18.6 Å². The molecule has 0 radical (unpaired) electrons. The zero-order chi connectivity index (χ0) is 15.5. The number of carbonyl (C=O) groups excluding carboxylic acids is 1. The maximum absolute atomic E-state index is 12.5. The predicted octanol–water partition coefficient (Wildman–Crippen LogP) is 3.40. The van der Waals surface area contributed by atoms with Crippen molar-refractivity contribution in [3.8, 4) is 11.5 Å². The maximum Gasteiger partial charge on any atom is 0.265 e. The summed E-state index contributed by atoms with van der Waals surface area (Å²) in [6.45, 7) is 4.43. The summed E-state index contributed by atoms with van der Waals surface area (Å²) in [7, 11) is 0. The van der Waals surface area contributed by atoms with E-state index in [1.54, 1.807) is 11.3 Å². The van der Waals surface area contributed by atoms with Gasteiger partial charge in [-0.3, -0.25) is 4.79 Å².